The van der Waals surface area contributed by atoms with Gasteiger partial charge in [-0.1, -0.05) is 30.3 Å². The number of fused-ring (bicyclic) bond motifs is 1. The van der Waals surface area contributed by atoms with Gasteiger partial charge in [-0.2, -0.15) is 0 Å². The molecule has 0 aliphatic carbocycles. The van der Waals surface area contributed by atoms with E-state index in [1.165, 1.54) is 5.56 Å². The van der Waals surface area contributed by atoms with Gasteiger partial charge >= 0.3 is 0 Å². The zero-order chi connectivity index (χ0) is 13.9. The summed E-state index contributed by atoms with van der Waals surface area (Å²) < 4.78 is 5.61. The molecule has 0 spiro atoms. The molecule has 3 heteroatoms. The average molecular weight is 267 g/mol. The van der Waals surface area contributed by atoms with Gasteiger partial charge in [0, 0.05) is 17.0 Å². The molecule has 102 valence electrons. The summed E-state index contributed by atoms with van der Waals surface area (Å²) in [6, 6.07) is 15.6. The van der Waals surface area contributed by atoms with E-state index < -0.39 is 0 Å². The molecule has 2 aromatic carbocycles. The predicted molar refractivity (Wildman–Crippen MR) is 79.8 cm³/mol. The highest BCUT2D eigenvalue weighted by molar-refractivity contribution is 5.81. The van der Waals surface area contributed by atoms with E-state index in [0.717, 1.165) is 23.0 Å². The topological polar surface area (TPSA) is 45.4 Å². The van der Waals surface area contributed by atoms with Crippen molar-refractivity contribution in [2.24, 2.45) is 0 Å². The molecule has 0 saturated carbocycles. The molecule has 3 nitrogen and oxygen atoms in total. The largest absolute Gasteiger partial charge is 0.508 e. The first-order valence-corrected chi connectivity index (χ1v) is 6.69. The van der Waals surface area contributed by atoms with Crippen LogP contribution in [0.15, 0.2) is 59.2 Å². The van der Waals surface area contributed by atoms with Gasteiger partial charge in [0.2, 0.25) is 0 Å². The van der Waals surface area contributed by atoms with Gasteiger partial charge in [0.1, 0.15) is 11.3 Å². The van der Waals surface area contributed by atoms with E-state index in [2.05, 4.69) is 11.4 Å². The highest BCUT2D eigenvalue weighted by Gasteiger charge is 2.15. The molecule has 3 aromatic rings. The summed E-state index contributed by atoms with van der Waals surface area (Å²) in [5.41, 5.74) is 3.25. The van der Waals surface area contributed by atoms with Gasteiger partial charge in [-0.25, -0.2) is 0 Å². The van der Waals surface area contributed by atoms with Gasteiger partial charge in [0.05, 0.1) is 6.26 Å². The van der Waals surface area contributed by atoms with Gasteiger partial charge in [0.25, 0.3) is 0 Å². The van der Waals surface area contributed by atoms with E-state index in [1.54, 1.807) is 12.1 Å². The van der Waals surface area contributed by atoms with Gasteiger partial charge in [0.15, 0.2) is 0 Å². The number of phenols is 1. The van der Waals surface area contributed by atoms with Crippen molar-refractivity contribution >= 4 is 11.0 Å². The maximum Gasteiger partial charge on any atom is 0.134 e. The minimum atomic E-state index is 0.184. The third kappa shape index (κ3) is 2.40. The van der Waals surface area contributed by atoms with Crippen molar-refractivity contribution in [1.29, 1.82) is 0 Å². The Bertz CT molecular complexity index is 700. The molecule has 1 aromatic heterocycles. The van der Waals surface area contributed by atoms with Crippen molar-refractivity contribution in [2.75, 3.05) is 7.05 Å². The molecule has 0 aliphatic heterocycles. The Morgan fingerprint density at radius 1 is 1.10 bits per heavy atom. The number of benzene rings is 2. The molecule has 1 atom stereocenters. The van der Waals surface area contributed by atoms with Crippen LogP contribution in [0.2, 0.25) is 0 Å². The molecule has 3 rings (SSSR count). The number of rotatable bonds is 4. The fourth-order valence-electron chi connectivity index (χ4n) is 2.50. The number of aromatic hydroxyl groups is 1. The van der Waals surface area contributed by atoms with E-state index in [9.17, 15) is 5.11 Å². The molecule has 0 bridgehead atoms. The molecule has 1 heterocycles. The Balaban J connectivity index is 1.91. The van der Waals surface area contributed by atoms with Crippen LogP contribution in [0.3, 0.4) is 0 Å². The molecule has 2 N–H and O–H groups in total. The molecule has 0 aliphatic rings. The van der Waals surface area contributed by atoms with Gasteiger partial charge in [-0.05, 0) is 37.2 Å². The summed E-state index contributed by atoms with van der Waals surface area (Å²) in [5, 5.41) is 13.8. The highest BCUT2D eigenvalue weighted by Crippen LogP contribution is 2.28. The van der Waals surface area contributed by atoms with Crippen LogP contribution in [0.5, 0.6) is 5.75 Å². The Labute approximate surface area is 117 Å². The van der Waals surface area contributed by atoms with Gasteiger partial charge < -0.3 is 14.8 Å². The Hall–Kier alpha value is -2.26. The maximum atomic E-state index is 9.34. The average Bonchev–Trinajstić information content (AvgIpc) is 2.91. The lowest BCUT2D eigenvalue weighted by atomic mass is 9.98. The fourth-order valence-corrected chi connectivity index (χ4v) is 2.50. The lowest BCUT2D eigenvalue weighted by Crippen LogP contribution is -2.18. The monoisotopic (exact) mass is 267 g/mol. The summed E-state index contributed by atoms with van der Waals surface area (Å²) in [6.45, 7) is 0. The summed E-state index contributed by atoms with van der Waals surface area (Å²) in [5.74, 6) is 0.295. The van der Waals surface area contributed by atoms with Crippen molar-refractivity contribution in [1.82, 2.24) is 5.32 Å². The third-order valence-electron chi connectivity index (χ3n) is 3.61. The zero-order valence-corrected chi connectivity index (χ0v) is 11.3. The van der Waals surface area contributed by atoms with E-state index >= 15 is 0 Å². The number of hydrogen-bond acceptors (Lipinski definition) is 3. The van der Waals surface area contributed by atoms with E-state index in [4.69, 9.17) is 4.42 Å². The lowest BCUT2D eigenvalue weighted by molar-refractivity contribution is 0.474. The van der Waals surface area contributed by atoms with Crippen molar-refractivity contribution in [3.05, 3.63) is 65.9 Å². The zero-order valence-electron chi connectivity index (χ0n) is 11.3. The minimum Gasteiger partial charge on any atom is -0.508 e. The van der Waals surface area contributed by atoms with E-state index in [-0.39, 0.29) is 6.04 Å². The number of phenolic OH excluding ortho intramolecular Hbond substituents is 1. The third-order valence-corrected chi connectivity index (χ3v) is 3.61. The second-order valence-corrected chi connectivity index (χ2v) is 4.90. The first kappa shape index (κ1) is 12.8. The number of para-hydroxylation sites is 1. The van der Waals surface area contributed by atoms with Crippen LogP contribution in [-0.2, 0) is 6.42 Å². The fraction of sp³-hybridized carbons (Fsp3) is 0.176. The molecule has 20 heavy (non-hydrogen) atoms. The van der Waals surface area contributed by atoms with Crippen LogP contribution in [-0.4, -0.2) is 12.2 Å². The molecule has 1 unspecified atom stereocenters. The summed E-state index contributed by atoms with van der Waals surface area (Å²) >= 11 is 0. The Kier molecular flexibility index (Phi) is 3.44. The number of furan rings is 1. The smallest absolute Gasteiger partial charge is 0.134 e. The second-order valence-electron chi connectivity index (χ2n) is 4.90. The first-order valence-electron chi connectivity index (χ1n) is 6.69. The standard InChI is InChI=1S/C17H17NO2/c1-18-16(10-12-6-8-13(19)9-7-12)15-11-20-17-5-3-2-4-14(15)17/h2-9,11,16,18-19H,10H2,1H3. The van der Waals surface area contributed by atoms with Gasteiger partial charge in [-0.15, -0.1) is 0 Å². The molecule has 0 amide bonds. The number of likely N-dealkylation sites (N-methyl/N-ethyl adjacent to an activating group) is 1. The Morgan fingerprint density at radius 3 is 2.60 bits per heavy atom. The summed E-state index contributed by atoms with van der Waals surface area (Å²) in [6.07, 6.45) is 2.67. The maximum absolute atomic E-state index is 9.34. The van der Waals surface area contributed by atoms with Crippen LogP contribution in [0.1, 0.15) is 17.2 Å². The normalized spacial score (nSPS) is 12.7. The quantitative estimate of drug-likeness (QED) is 0.758. The SMILES string of the molecule is CNC(Cc1ccc(O)cc1)c1coc2ccccc12. The van der Waals surface area contributed by atoms with Crippen molar-refractivity contribution < 1.29 is 9.52 Å². The van der Waals surface area contributed by atoms with Crippen molar-refractivity contribution in [3.63, 3.8) is 0 Å². The van der Waals surface area contributed by atoms with Gasteiger partial charge in [-0.3, -0.25) is 0 Å². The van der Waals surface area contributed by atoms with Crippen LogP contribution >= 0.6 is 0 Å². The van der Waals surface area contributed by atoms with Crippen molar-refractivity contribution in [2.45, 2.75) is 12.5 Å². The summed E-state index contributed by atoms with van der Waals surface area (Å²) in [4.78, 5) is 0. The molecule has 0 fully saturated rings. The molecule has 0 radical (unpaired) electrons. The molecular weight excluding hydrogens is 250 g/mol. The Morgan fingerprint density at radius 2 is 1.85 bits per heavy atom. The molecular formula is C17H17NO2. The lowest BCUT2D eigenvalue weighted by Gasteiger charge is -2.15. The second kappa shape index (κ2) is 5.39. The van der Waals surface area contributed by atoms with E-state index in [1.807, 2.05) is 43.6 Å². The van der Waals surface area contributed by atoms with Crippen molar-refractivity contribution in [3.8, 4) is 5.75 Å². The van der Waals surface area contributed by atoms with E-state index in [0.29, 0.717) is 5.75 Å². The van der Waals surface area contributed by atoms with Crippen LogP contribution in [0.4, 0.5) is 0 Å². The molecule has 0 saturated heterocycles. The minimum absolute atomic E-state index is 0.184. The van der Waals surface area contributed by atoms with Crippen LogP contribution < -0.4 is 5.32 Å². The number of hydrogen-bond donors (Lipinski definition) is 2. The highest BCUT2D eigenvalue weighted by atomic mass is 16.3. The predicted octanol–water partition coefficient (Wildman–Crippen LogP) is 3.64. The number of nitrogens with one attached hydrogen (secondary N) is 1. The van der Waals surface area contributed by atoms with Crippen LogP contribution in [0.25, 0.3) is 11.0 Å². The summed E-state index contributed by atoms with van der Waals surface area (Å²) in [7, 11) is 1.95. The van der Waals surface area contributed by atoms with Crippen LogP contribution in [0, 0.1) is 0 Å². The first-order chi connectivity index (χ1) is 9.78.